The van der Waals surface area contributed by atoms with E-state index >= 15 is 0 Å². The Labute approximate surface area is 209 Å². The number of anilines is 2. The predicted octanol–water partition coefficient (Wildman–Crippen LogP) is 3.63. The molecule has 0 spiro atoms. The van der Waals surface area contributed by atoms with Crippen molar-refractivity contribution >= 4 is 46.5 Å². The number of fused-ring (bicyclic) bond motifs is 1. The fourth-order valence-electron chi connectivity index (χ4n) is 3.77. The second-order valence-corrected chi connectivity index (χ2v) is 8.54. The number of carbonyl (C=O) groups excluding carboxylic acids is 1. The molecule has 8 nitrogen and oxygen atoms in total. The minimum absolute atomic E-state index is 0.229. The topological polar surface area (TPSA) is 137 Å². The van der Waals surface area contributed by atoms with E-state index in [4.69, 9.17) is 17.2 Å². The first-order valence-electron chi connectivity index (χ1n) is 11.2. The highest BCUT2D eigenvalue weighted by atomic mass is 32.1. The van der Waals surface area contributed by atoms with E-state index in [2.05, 4.69) is 27.6 Å². The third-order valence-corrected chi connectivity index (χ3v) is 5.92. The average Bonchev–Trinajstić information content (AvgIpc) is 3.31. The van der Waals surface area contributed by atoms with Crippen molar-refractivity contribution < 1.29 is 4.79 Å². The molecule has 3 heterocycles. The summed E-state index contributed by atoms with van der Waals surface area (Å²) in [4.78, 5) is 27.2. The molecule has 1 saturated heterocycles. The third kappa shape index (κ3) is 5.76. The highest BCUT2D eigenvalue weighted by Gasteiger charge is 2.21. The van der Waals surface area contributed by atoms with Gasteiger partial charge in [0.05, 0.1) is 28.6 Å². The molecule has 1 amide bonds. The Bertz CT molecular complexity index is 1370. The highest BCUT2D eigenvalue weighted by molar-refractivity contribution is 7.80. The van der Waals surface area contributed by atoms with Gasteiger partial charge in [-0.15, -0.1) is 12.6 Å². The molecule has 5 rings (SSSR count). The van der Waals surface area contributed by atoms with E-state index in [1.54, 1.807) is 18.6 Å². The molecule has 0 saturated carbocycles. The van der Waals surface area contributed by atoms with Gasteiger partial charge in [-0.05, 0) is 54.4 Å². The summed E-state index contributed by atoms with van der Waals surface area (Å²) < 4.78 is 0. The Kier molecular flexibility index (Phi) is 7.59. The molecular formula is C26H27N7OS. The SMILES string of the molecule is N/C=C(\CN)c1cnc2ccc(-c3cncc(N)c3)cc2n1.O=C1CCCN1c1ccc(S)cc1. The Morgan fingerprint density at radius 1 is 1.03 bits per heavy atom. The summed E-state index contributed by atoms with van der Waals surface area (Å²) in [6, 6.07) is 15.4. The van der Waals surface area contributed by atoms with Gasteiger partial charge >= 0.3 is 0 Å². The summed E-state index contributed by atoms with van der Waals surface area (Å²) in [6.07, 6.45) is 8.17. The predicted molar refractivity (Wildman–Crippen MR) is 144 cm³/mol. The van der Waals surface area contributed by atoms with E-state index in [0.717, 1.165) is 51.3 Å². The normalized spacial score (nSPS) is 13.6. The highest BCUT2D eigenvalue weighted by Crippen LogP contribution is 2.24. The molecule has 0 atom stereocenters. The first kappa shape index (κ1) is 24.2. The molecule has 1 aliphatic rings. The summed E-state index contributed by atoms with van der Waals surface area (Å²) in [5.74, 6) is 0.229. The number of amides is 1. The maximum Gasteiger partial charge on any atom is 0.227 e. The number of carbonyl (C=O) groups is 1. The smallest absolute Gasteiger partial charge is 0.227 e. The van der Waals surface area contributed by atoms with Crippen LogP contribution in [0.15, 0.2) is 78.2 Å². The van der Waals surface area contributed by atoms with Crippen LogP contribution >= 0.6 is 12.6 Å². The number of pyridine rings is 1. The number of hydrogen-bond acceptors (Lipinski definition) is 8. The van der Waals surface area contributed by atoms with Crippen molar-refractivity contribution in [2.24, 2.45) is 11.5 Å². The number of nitrogens with two attached hydrogens (primary N) is 3. The maximum atomic E-state index is 11.4. The van der Waals surface area contributed by atoms with Crippen LogP contribution < -0.4 is 22.1 Å². The standard InChI is InChI=1S/C16H16N6.C10H11NOS/c17-5-12(6-18)16-9-21-14-2-1-10(4-15(14)22-16)11-3-13(19)8-20-7-11;12-10-2-1-7-11(10)8-3-5-9(13)6-4-8/h1-5,7-9H,6,17-19H2;3-6,13H,1-2,7H2/b12-5+;. The summed E-state index contributed by atoms with van der Waals surface area (Å²) in [7, 11) is 0. The lowest BCUT2D eigenvalue weighted by Crippen LogP contribution is -2.23. The largest absolute Gasteiger partial charge is 0.404 e. The summed E-state index contributed by atoms with van der Waals surface area (Å²) in [5, 5.41) is 0. The van der Waals surface area contributed by atoms with Gasteiger partial charge in [0, 0.05) is 59.8 Å². The number of rotatable bonds is 4. The van der Waals surface area contributed by atoms with Crippen molar-refractivity contribution in [2.75, 3.05) is 23.7 Å². The van der Waals surface area contributed by atoms with E-state index in [0.29, 0.717) is 24.3 Å². The van der Waals surface area contributed by atoms with Gasteiger partial charge in [-0.3, -0.25) is 14.8 Å². The van der Waals surface area contributed by atoms with Crippen LogP contribution in [0.2, 0.25) is 0 Å². The van der Waals surface area contributed by atoms with Gasteiger partial charge in [-0.2, -0.15) is 0 Å². The molecule has 0 radical (unpaired) electrons. The molecule has 0 bridgehead atoms. The maximum absolute atomic E-state index is 11.4. The minimum Gasteiger partial charge on any atom is -0.404 e. The number of nitrogen functional groups attached to an aromatic ring is 1. The van der Waals surface area contributed by atoms with Crippen molar-refractivity contribution in [3.05, 3.63) is 79.0 Å². The minimum atomic E-state index is 0.229. The fourth-order valence-corrected chi connectivity index (χ4v) is 3.92. The molecule has 35 heavy (non-hydrogen) atoms. The lowest BCUT2D eigenvalue weighted by Gasteiger charge is -2.15. The van der Waals surface area contributed by atoms with Gasteiger partial charge in [-0.25, -0.2) is 4.98 Å². The van der Waals surface area contributed by atoms with E-state index in [1.807, 2.05) is 53.4 Å². The van der Waals surface area contributed by atoms with Crippen molar-refractivity contribution in [2.45, 2.75) is 17.7 Å². The van der Waals surface area contributed by atoms with Crippen LogP contribution in [0.4, 0.5) is 11.4 Å². The van der Waals surface area contributed by atoms with E-state index in [9.17, 15) is 4.79 Å². The lowest BCUT2D eigenvalue weighted by atomic mass is 10.1. The van der Waals surface area contributed by atoms with Gasteiger partial charge in [0.25, 0.3) is 0 Å². The molecule has 4 aromatic rings. The fraction of sp³-hybridized carbons (Fsp3) is 0.154. The van der Waals surface area contributed by atoms with E-state index < -0.39 is 0 Å². The Morgan fingerprint density at radius 2 is 1.83 bits per heavy atom. The second kappa shape index (κ2) is 11.0. The number of thiol groups is 1. The van der Waals surface area contributed by atoms with Crippen molar-refractivity contribution in [1.29, 1.82) is 0 Å². The zero-order chi connectivity index (χ0) is 24.8. The quantitative estimate of drug-likeness (QED) is 0.324. The van der Waals surface area contributed by atoms with E-state index in [1.165, 1.54) is 6.20 Å². The zero-order valence-corrected chi connectivity index (χ0v) is 20.0. The van der Waals surface area contributed by atoms with Crippen LogP contribution in [0.3, 0.4) is 0 Å². The van der Waals surface area contributed by atoms with Crippen molar-refractivity contribution in [3.8, 4) is 11.1 Å². The molecule has 1 fully saturated rings. The molecule has 2 aromatic carbocycles. The number of benzene rings is 2. The molecule has 2 aromatic heterocycles. The van der Waals surface area contributed by atoms with Gasteiger partial charge in [0.2, 0.25) is 5.91 Å². The van der Waals surface area contributed by atoms with Crippen LogP contribution in [0, 0.1) is 0 Å². The Morgan fingerprint density at radius 3 is 2.49 bits per heavy atom. The second-order valence-electron chi connectivity index (χ2n) is 8.03. The first-order chi connectivity index (χ1) is 17.0. The number of aromatic nitrogens is 3. The Balaban J connectivity index is 0.000000189. The third-order valence-electron chi connectivity index (χ3n) is 5.62. The van der Waals surface area contributed by atoms with Crippen LogP contribution in [0.5, 0.6) is 0 Å². The molecule has 9 heteroatoms. The molecule has 0 aliphatic carbocycles. The molecule has 178 valence electrons. The molecule has 0 unspecified atom stereocenters. The van der Waals surface area contributed by atoms with Gasteiger partial charge in [-0.1, -0.05) is 6.07 Å². The molecule has 1 aliphatic heterocycles. The summed E-state index contributed by atoms with van der Waals surface area (Å²) in [5.41, 5.74) is 23.5. The lowest BCUT2D eigenvalue weighted by molar-refractivity contribution is -0.117. The van der Waals surface area contributed by atoms with Gasteiger partial charge in [0.1, 0.15) is 0 Å². The molecular weight excluding hydrogens is 458 g/mol. The zero-order valence-electron chi connectivity index (χ0n) is 19.1. The average molecular weight is 486 g/mol. The monoisotopic (exact) mass is 485 g/mol. The van der Waals surface area contributed by atoms with Crippen LogP contribution in [0.25, 0.3) is 27.7 Å². The number of nitrogens with zero attached hydrogens (tertiary/aromatic N) is 4. The van der Waals surface area contributed by atoms with Gasteiger partial charge < -0.3 is 22.1 Å². The van der Waals surface area contributed by atoms with Crippen molar-refractivity contribution in [3.63, 3.8) is 0 Å². The van der Waals surface area contributed by atoms with Crippen LogP contribution in [-0.2, 0) is 4.79 Å². The van der Waals surface area contributed by atoms with Crippen molar-refractivity contribution in [1.82, 2.24) is 15.0 Å². The van der Waals surface area contributed by atoms with E-state index in [-0.39, 0.29) is 5.91 Å². The van der Waals surface area contributed by atoms with Crippen LogP contribution in [-0.4, -0.2) is 33.9 Å². The number of hydrogen-bond donors (Lipinski definition) is 4. The first-order valence-corrected chi connectivity index (χ1v) is 11.6. The summed E-state index contributed by atoms with van der Waals surface area (Å²) in [6.45, 7) is 1.17. The van der Waals surface area contributed by atoms with Gasteiger partial charge in [0.15, 0.2) is 0 Å². The summed E-state index contributed by atoms with van der Waals surface area (Å²) >= 11 is 4.19. The molecule has 6 N–H and O–H groups in total. The van der Waals surface area contributed by atoms with Crippen LogP contribution in [0.1, 0.15) is 18.5 Å². The Hall–Kier alpha value is -3.95.